The fraction of sp³-hybridized carbons (Fsp3) is 0.846. The molecule has 0 aromatic rings. The standard InChI is InChI=1S/C13H23N3O2/c1-2-9-5-3-4-6-10(9)15-12(17)13(7-8-13)11(14)16-18/h9-10,18H,2-8H2,1H3,(H2,14,16)(H,15,17). The molecular formula is C13H23N3O2. The van der Waals surface area contributed by atoms with Crippen molar-refractivity contribution in [3.63, 3.8) is 0 Å². The van der Waals surface area contributed by atoms with Crippen LogP contribution in [0.3, 0.4) is 0 Å². The molecular weight excluding hydrogens is 230 g/mol. The summed E-state index contributed by atoms with van der Waals surface area (Å²) >= 11 is 0. The van der Waals surface area contributed by atoms with Crippen LogP contribution in [0.4, 0.5) is 0 Å². The molecule has 2 rings (SSSR count). The van der Waals surface area contributed by atoms with Gasteiger partial charge in [-0.3, -0.25) is 4.79 Å². The lowest BCUT2D eigenvalue weighted by molar-refractivity contribution is -0.125. The Morgan fingerprint density at radius 3 is 2.67 bits per heavy atom. The molecule has 5 nitrogen and oxygen atoms in total. The van der Waals surface area contributed by atoms with Crippen molar-refractivity contribution in [2.75, 3.05) is 0 Å². The smallest absolute Gasteiger partial charge is 0.234 e. The normalized spacial score (nSPS) is 30.8. The van der Waals surface area contributed by atoms with E-state index in [2.05, 4.69) is 17.4 Å². The van der Waals surface area contributed by atoms with Crippen molar-refractivity contribution in [1.82, 2.24) is 5.32 Å². The minimum atomic E-state index is -0.718. The van der Waals surface area contributed by atoms with Gasteiger partial charge in [0.05, 0.1) is 0 Å². The number of nitrogens with one attached hydrogen (secondary N) is 1. The van der Waals surface area contributed by atoms with Gasteiger partial charge in [0, 0.05) is 6.04 Å². The Morgan fingerprint density at radius 1 is 1.44 bits per heavy atom. The van der Waals surface area contributed by atoms with Crippen LogP contribution in [0, 0.1) is 11.3 Å². The van der Waals surface area contributed by atoms with Gasteiger partial charge in [-0.25, -0.2) is 0 Å². The van der Waals surface area contributed by atoms with Gasteiger partial charge < -0.3 is 16.3 Å². The number of amides is 1. The second-order valence-electron chi connectivity index (χ2n) is 5.60. The summed E-state index contributed by atoms with van der Waals surface area (Å²) in [6, 6.07) is 0.264. The van der Waals surface area contributed by atoms with Gasteiger partial charge in [-0.05, 0) is 31.6 Å². The number of rotatable bonds is 4. The molecule has 0 aliphatic heterocycles. The van der Waals surface area contributed by atoms with Crippen LogP contribution in [-0.2, 0) is 4.79 Å². The highest BCUT2D eigenvalue weighted by atomic mass is 16.4. The molecule has 2 aliphatic rings. The molecule has 2 fully saturated rings. The van der Waals surface area contributed by atoms with Gasteiger partial charge in [0.1, 0.15) is 5.41 Å². The molecule has 5 heteroatoms. The van der Waals surface area contributed by atoms with E-state index in [1.165, 1.54) is 19.3 Å². The molecule has 0 radical (unpaired) electrons. The van der Waals surface area contributed by atoms with Crippen LogP contribution in [0.5, 0.6) is 0 Å². The molecule has 2 saturated carbocycles. The SMILES string of the molecule is CCC1CCCCC1NC(=O)C1(C(N)=NO)CC1. The first kappa shape index (κ1) is 13.2. The minimum absolute atomic E-state index is 0.0526. The Kier molecular flexibility index (Phi) is 3.78. The van der Waals surface area contributed by atoms with E-state index >= 15 is 0 Å². The van der Waals surface area contributed by atoms with Crippen LogP contribution in [0.1, 0.15) is 51.9 Å². The van der Waals surface area contributed by atoms with Crippen molar-refractivity contribution in [2.24, 2.45) is 22.2 Å². The summed E-state index contributed by atoms with van der Waals surface area (Å²) < 4.78 is 0. The zero-order valence-corrected chi connectivity index (χ0v) is 11.0. The molecule has 2 aliphatic carbocycles. The Labute approximate surface area is 108 Å². The maximum atomic E-state index is 12.3. The average molecular weight is 253 g/mol. The molecule has 1 amide bonds. The van der Waals surface area contributed by atoms with Crippen LogP contribution in [0.25, 0.3) is 0 Å². The number of hydrogen-bond donors (Lipinski definition) is 3. The quantitative estimate of drug-likeness (QED) is 0.308. The van der Waals surface area contributed by atoms with Gasteiger partial charge in [0.25, 0.3) is 0 Å². The minimum Gasteiger partial charge on any atom is -0.409 e. The fourth-order valence-corrected chi connectivity index (χ4v) is 3.01. The summed E-state index contributed by atoms with van der Waals surface area (Å²) in [5, 5.41) is 14.9. The summed E-state index contributed by atoms with van der Waals surface area (Å²) in [5.41, 5.74) is 4.91. The zero-order chi connectivity index (χ0) is 13.2. The van der Waals surface area contributed by atoms with Gasteiger partial charge in [0.2, 0.25) is 5.91 Å². The summed E-state index contributed by atoms with van der Waals surface area (Å²) in [6.07, 6.45) is 7.17. The summed E-state index contributed by atoms with van der Waals surface area (Å²) in [4.78, 5) is 12.3. The molecule has 0 bridgehead atoms. The van der Waals surface area contributed by atoms with Crippen LogP contribution in [-0.4, -0.2) is 23.0 Å². The Bertz CT molecular complexity index is 350. The highest BCUT2D eigenvalue weighted by Gasteiger charge is 2.54. The van der Waals surface area contributed by atoms with Gasteiger partial charge in [0.15, 0.2) is 5.84 Å². The highest BCUT2D eigenvalue weighted by Crippen LogP contribution is 2.46. The van der Waals surface area contributed by atoms with Crippen molar-refractivity contribution in [3.8, 4) is 0 Å². The number of nitrogens with two attached hydrogens (primary N) is 1. The third kappa shape index (κ3) is 2.31. The maximum absolute atomic E-state index is 12.3. The molecule has 102 valence electrons. The maximum Gasteiger partial charge on any atom is 0.234 e. The van der Waals surface area contributed by atoms with E-state index in [1.807, 2.05) is 0 Å². The monoisotopic (exact) mass is 253 g/mol. The van der Waals surface area contributed by atoms with E-state index < -0.39 is 5.41 Å². The number of nitrogens with zero attached hydrogens (tertiary/aromatic N) is 1. The van der Waals surface area contributed by atoms with E-state index in [-0.39, 0.29) is 17.8 Å². The fourth-order valence-electron chi connectivity index (χ4n) is 3.01. The van der Waals surface area contributed by atoms with E-state index in [0.717, 1.165) is 12.8 Å². The molecule has 2 unspecified atom stereocenters. The largest absolute Gasteiger partial charge is 0.409 e. The molecule has 0 heterocycles. The Hall–Kier alpha value is -1.26. The van der Waals surface area contributed by atoms with Crippen molar-refractivity contribution in [2.45, 2.75) is 57.9 Å². The molecule has 18 heavy (non-hydrogen) atoms. The predicted octanol–water partition coefficient (Wildman–Crippen LogP) is 1.60. The second kappa shape index (κ2) is 5.16. The average Bonchev–Trinajstić information content (AvgIpc) is 3.20. The number of hydrogen-bond acceptors (Lipinski definition) is 3. The van der Waals surface area contributed by atoms with E-state index in [1.54, 1.807) is 0 Å². The van der Waals surface area contributed by atoms with Crippen LogP contribution < -0.4 is 11.1 Å². The topological polar surface area (TPSA) is 87.7 Å². The van der Waals surface area contributed by atoms with Gasteiger partial charge >= 0.3 is 0 Å². The summed E-state index contributed by atoms with van der Waals surface area (Å²) in [6.45, 7) is 2.17. The number of oxime groups is 1. The lowest BCUT2D eigenvalue weighted by Gasteiger charge is -2.32. The molecule has 2 atom stereocenters. The number of amidine groups is 1. The van der Waals surface area contributed by atoms with Crippen LogP contribution in [0.2, 0.25) is 0 Å². The molecule has 0 saturated heterocycles. The lowest BCUT2D eigenvalue weighted by atomic mass is 9.82. The van der Waals surface area contributed by atoms with Gasteiger partial charge in [-0.1, -0.05) is 31.3 Å². The van der Waals surface area contributed by atoms with Gasteiger partial charge in [-0.2, -0.15) is 0 Å². The van der Waals surface area contributed by atoms with Crippen molar-refractivity contribution >= 4 is 11.7 Å². The van der Waals surface area contributed by atoms with Crippen LogP contribution >= 0.6 is 0 Å². The molecule has 0 aromatic heterocycles. The molecule has 0 aromatic carbocycles. The van der Waals surface area contributed by atoms with E-state index in [0.29, 0.717) is 18.8 Å². The second-order valence-corrected chi connectivity index (χ2v) is 5.60. The predicted molar refractivity (Wildman–Crippen MR) is 69.3 cm³/mol. The zero-order valence-electron chi connectivity index (χ0n) is 11.0. The first-order chi connectivity index (χ1) is 8.64. The Balaban J connectivity index is 1.98. The van der Waals surface area contributed by atoms with E-state index in [9.17, 15) is 4.79 Å². The van der Waals surface area contributed by atoms with Crippen LogP contribution in [0.15, 0.2) is 5.16 Å². The highest BCUT2D eigenvalue weighted by molar-refractivity contribution is 6.09. The molecule has 4 N–H and O–H groups in total. The molecule has 0 spiro atoms. The third-order valence-electron chi connectivity index (χ3n) is 4.53. The first-order valence-electron chi connectivity index (χ1n) is 6.93. The Morgan fingerprint density at radius 2 is 2.11 bits per heavy atom. The third-order valence-corrected chi connectivity index (χ3v) is 4.53. The van der Waals surface area contributed by atoms with Crippen molar-refractivity contribution in [1.29, 1.82) is 0 Å². The van der Waals surface area contributed by atoms with E-state index in [4.69, 9.17) is 10.9 Å². The van der Waals surface area contributed by atoms with Crippen molar-refractivity contribution < 1.29 is 10.0 Å². The lowest BCUT2D eigenvalue weighted by Crippen LogP contribution is -2.48. The summed E-state index contributed by atoms with van der Waals surface area (Å²) in [7, 11) is 0. The number of carbonyl (C=O) groups excluding carboxylic acids is 1. The summed E-state index contributed by atoms with van der Waals surface area (Å²) in [5.74, 6) is 0.581. The van der Waals surface area contributed by atoms with Crippen molar-refractivity contribution in [3.05, 3.63) is 0 Å². The number of carbonyl (C=O) groups is 1. The van der Waals surface area contributed by atoms with Gasteiger partial charge in [-0.15, -0.1) is 0 Å². The first-order valence-corrected chi connectivity index (χ1v) is 6.93.